The highest BCUT2D eigenvalue weighted by Gasteiger charge is 2.15. The molecular weight excluding hydrogens is 288 g/mol. The van der Waals surface area contributed by atoms with Gasteiger partial charge in [0.15, 0.2) is 5.94 Å². The molecule has 1 aromatic carbocycles. The molecule has 1 aromatic rings. The van der Waals surface area contributed by atoms with Gasteiger partial charge in [-0.15, -0.1) is 0 Å². The van der Waals surface area contributed by atoms with E-state index in [1.54, 1.807) is 0 Å². The van der Waals surface area contributed by atoms with Crippen molar-refractivity contribution in [2.75, 3.05) is 13.0 Å². The van der Waals surface area contributed by atoms with Crippen LogP contribution in [0.5, 0.6) is 0 Å². The van der Waals surface area contributed by atoms with Crippen molar-refractivity contribution in [1.29, 1.82) is 0 Å². The van der Waals surface area contributed by atoms with Crippen molar-refractivity contribution in [3.63, 3.8) is 0 Å². The van der Waals surface area contributed by atoms with E-state index in [4.69, 9.17) is 10.7 Å². The number of rotatable bonds is 5. The summed E-state index contributed by atoms with van der Waals surface area (Å²) in [6, 6.07) is 5.60. The summed E-state index contributed by atoms with van der Waals surface area (Å²) >= 11 is 0. The largest absolute Gasteiger partial charge is 0.368 e. The fraction of sp³-hybridized carbons (Fsp3) is 0.333. The lowest BCUT2D eigenvalue weighted by Crippen LogP contribution is -2.08. The topological polar surface area (TPSA) is 77.5 Å². The van der Waals surface area contributed by atoms with Gasteiger partial charge in [-0.25, -0.2) is 16.8 Å². The van der Waals surface area contributed by atoms with Gasteiger partial charge in [0.2, 0.25) is 18.9 Å². The van der Waals surface area contributed by atoms with Crippen molar-refractivity contribution in [2.45, 2.75) is 10.6 Å². The van der Waals surface area contributed by atoms with Gasteiger partial charge in [0, 0.05) is 17.8 Å². The first-order valence-corrected chi connectivity index (χ1v) is 8.60. The highest BCUT2D eigenvalue weighted by molar-refractivity contribution is 8.13. The van der Waals surface area contributed by atoms with Crippen LogP contribution in [-0.4, -0.2) is 29.9 Å². The summed E-state index contributed by atoms with van der Waals surface area (Å²) in [6.07, 6.45) is 0. The van der Waals surface area contributed by atoms with Gasteiger partial charge in [0.25, 0.3) is 0 Å². The van der Waals surface area contributed by atoms with Crippen molar-refractivity contribution in [3.05, 3.63) is 29.8 Å². The summed E-state index contributed by atoms with van der Waals surface area (Å²) in [5, 5.41) is 0. The number of hydrogen-bond acceptors (Lipinski definition) is 5. The lowest BCUT2D eigenvalue weighted by molar-refractivity contribution is 0.250. The molecule has 0 atom stereocenters. The Bertz CT molecular complexity index is 592. The van der Waals surface area contributed by atoms with Crippen molar-refractivity contribution >= 4 is 29.6 Å². The molecule has 0 spiro atoms. The smallest absolute Gasteiger partial charge is 0.236 e. The van der Waals surface area contributed by atoms with E-state index in [1.165, 1.54) is 31.4 Å². The van der Waals surface area contributed by atoms with Crippen LogP contribution in [0.25, 0.3) is 0 Å². The molecule has 0 radical (unpaired) electrons. The van der Waals surface area contributed by atoms with E-state index < -0.39 is 30.6 Å². The third-order valence-corrected chi connectivity index (χ3v) is 4.39. The van der Waals surface area contributed by atoms with Crippen LogP contribution in [-0.2, 0) is 29.4 Å². The predicted octanol–water partition coefficient (Wildman–Crippen LogP) is 1.13. The Balaban J connectivity index is 3.10. The molecule has 0 aromatic heterocycles. The highest BCUT2D eigenvalue weighted by Crippen LogP contribution is 2.16. The second-order valence-electron chi connectivity index (χ2n) is 3.35. The van der Waals surface area contributed by atoms with Gasteiger partial charge in [-0.05, 0) is 17.7 Å². The molecule has 0 amide bonds. The van der Waals surface area contributed by atoms with Gasteiger partial charge >= 0.3 is 0 Å². The SMILES string of the molecule is COCS(=O)(=O)c1cccc(CS(=O)(=O)Cl)c1. The van der Waals surface area contributed by atoms with Crippen LogP contribution in [0.1, 0.15) is 5.56 Å². The van der Waals surface area contributed by atoms with Crippen LogP contribution in [0.15, 0.2) is 29.2 Å². The minimum absolute atomic E-state index is 0.0113. The zero-order valence-electron chi connectivity index (χ0n) is 8.96. The summed E-state index contributed by atoms with van der Waals surface area (Å²) in [5.74, 6) is -0.866. The molecule has 0 bridgehead atoms. The van der Waals surface area contributed by atoms with Crippen molar-refractivity contribution in [1.82, 2.24) is 0 Å². The molecule has 0 unspecified atom stereocenters. The van der Waals surface area contributed by atoms with Crippen LogP contribution in [0.2, 0.25) is 0 Å². The molecular formula is C9H11ClO5S2. The molecule has 0 aliphatic heterocycles. The van der Waals surface area contributed by atoms with Gasteiger partial charge in [0.05, 0.1) is 10.6 Å². The second-order valence-corrected chi connectivity index (χ2v) is 8.07. The summed E-state index contributed by atoms with van der Waals surface area (Å²) in [7, 11) is -0.892. The fourth-order valence-corrected chi connectivity index (χ4v) is 3.27. The Morgan fingerprint density at radius 1 is 1.24 bits per heavy atom. The monoisotopic (exact) mass is 298 g/mol. The first-order chi connectivity index (χ1) is 7.74. The maximum Gasteiger partial charge on any atom is 0.236 e. The van der Waals surface area contributed by atoms with Crippen LogP contribution in [0.4, 0.5) is 0 Å². The van der Waals surface area contributed by atoms with E-state index in [0.717, 1.165) is 0 Å². The Hall–Kier alpha value is -0.630. The standard InChI is InChI=1S/C9H11ClO5S2/c1-15-7-16(11,12)9-4-2-3-8(5-9)6-17(10,13)14/h2-5H,6-7H2,1H3. The minimum atomic E-state index is -3.71. The van der Waals surface area contributed by atoms with E-state index in [9.17, 15) is 16.8 Å². The molecule has 1 rings (SSSR count). The van der Waals surface area contributed by atoms with Gasteiger partial charge in [-0.1, -0.05) is 12.1 Å². The molecule has 0 fully saturated rings. The number of sulfone groups is 1. The number of hydrogen-bond donors (Lipinski definition) is 0. The highest BCUT2D eigenvalue weighted by atomic mass is 35.7. The Kier molecular flexibility index (Phi) is 4.54. The van der Waals surface area contributed by atoms with E-state index in [-0.39, 0.29) is 4.90 Å². The number of halogens is 1. The van der Waals surface area contributed by atoms with Crippen molar-refractivity contribution < 1.29 is 21.6 Å². The summed E-state index contributed by atoms with van der Waals surface area (Å²) in [6.45, 7) is 0. The third-order valence-electron chi connectivity index (χ3n) is 1.87. The molecule has 17 heavy (non-hydrogen) atoms. The average Bonchev–Trinajstić information content (AvgIpc) is 2.15. The predicted molar refractivity (Wildman–Crippen MR) is 64.0 cm³/mol. The number of methoxy groups -OCH3 is 1. The van der Waals surface area contributed by atoms with Gasteiger partial charge in [0.1, 0.15) is 0 Å². The second kappa shape index (κ2) is 5.34. The summed E-state index contributed by atoms with van der Waals surface area (Å²) in [4.78, 5) is 0.0113. The molecule has 0 saturated carbocycles. The molecule has 96 valence electrons. The zero-order chi connectivity index (χ0) is 13.1. The third kappa shape index (κ3) is 4.63. The first kappa shape index (κ1) is 14.4. The first-order valence-electron chi connectivity index (χ1n) is 4.47. The van der Waals surface area contributed by atoms with Gasteiger partial charge < -0.3 is 4.74 Å². The minimum Gasteiger partial charge on any atom is -0.368 e. The normalized spacial score (nSPS) is 12.6. The van der Waals surface area contributed by atoms with E-state index in [0.29, 0.717) is 5.56 Å². The number of benzene rings is 1. The van der Waals surface area contributed by atoms with E-state index in [1.807, 2.05) is 0 Å². The molecule has 0 aliphatic rings. The number of ether oxygens (including phenoxy) is 1. The fourth-order valence-electron chi connectivity index (χ4n) is 1.25. The Labute approximate surface area is 105 Å². The van der Waals surface area contributed by atoms with Crippen LogP contribution in [0.3, 0.4) is 0 Å². The molecule has 0 saturated heterocycles. The van der Waals surface area contributed by atoms with Crippen LogP contribution < -0.4 is 0 Å². The van der Waals surface area contributed by atoms with E-state index in [2.05, 4.69) is 4.74 Å². The lowest BCUT2D eigenvalue weighted by atomic mass is 10.2. The maximum atomic E-state index is 11.6. The molecule has 0 heterocycles. The van der Waals surface area contributed by atoms with E-state index >= 15 is 0 Å². The van der Waals surface area contributed by atoms with Crippen LogP contribution in [0, 0.1) is 0 Å². The summed E-state index contributed by atoms with van der Waals surface area (Å²) < 4.78 is 49.6. The Morgan fingerprint density at radius 3 is 2.41 bits per heavy atom. The van der Waals surface area contributed by atoms with Crippen molar-refractivity contribution in [2.24, 2.45) is 0 Å². The van der Waals surface area contributed by atoms with Gasteiger partial charge in [-0.3, -0.25) is 0 Å². The molecule has 0 N–H and O–H groups in total. The molecule has 0 aliphatic carbocycles. The molecule has 8 heteroatoms. The lowest BCUT2D eigenvalue weighted by Gasteiger charge is -2.05. The average molecular weight is 299 g/mol. The quantitative estimate of drug-likeness (QED) is 0.762. The van der Waals surface area contributed by atoms with Gasteiger partial charge in [-0.2, -0.15) is 0 Å². The van der Waals surface area contributed by atoms with Crippen molar-refractivity contribution in [3.8, 4) is 0 Å². The zero-order valence-corrected chi connectivity index (χ0v) is 11.3. The summed E-state index contributed by atoms with van der Waals surface area (Å²) in [5.41, 5.74) is 0.317. The van der Waals surface area contributed by atoms with Crippen LogP contribution >= 0.6 is 10.7 Å². The Morgan fingerprint density at radius 2 is 1.88 bits per heavy atom. The maximum absolute atomic E-state index is 11.6. The molecule has 5 nitrogen and oxygen atoms in total.